The highest BCUT2D eigenvalue weighted by Gasteiger charge is 2.60. The van der Waals surface area contributed by atoms with E-state index < -0.39 is 22.9 Å². The molecule has 1 aromatic carbocycles. The molecule has 2 N–H and O–H groups in total. The van der Waals surface area contributed by atoms with Gasteiger partial charge in [0.15, 0.2) is 0 Å². The number of cyclic esters (lactones) is 1. The first-order chi connectivity index (χ1) is 25.9. The molecule has 3 aromatic heterocycles. The van der Waals surface area contributed by atoms with Crippen LogP contribution in [0.25, 0.3) is 33.4 Å². The smallest absolute Gasteiger partial charge is 0.325 e. The van der Waals surface area contributed by atoms with Crippen molar-refractivity contribution in [1.82, 2.24) is 30.3 Å². The maximum Gasteiger partial charge on any atom is 0.325 e. The molecule has 2 aliphatic heterocycles. The lowest BCUT2D eigenvalue weighted by atomic mass is 9.84. The molecule has 5 heterocycles. The van der Waals surface area contributed by atoms with Crippen molar-refractivity contribution in [1.29, 1.82) is 0 Å². The number of methoxy groups -OCH3 is 1. The highest BCUT2D eigenvalue weighted by Crippen LogP contribution is 2.54. The van der Waals surface area contributed by atoms with E-state index in [1.165, 1.54) is 0 Å². The van der Waals surface area contributed by atoms with Gasteiger partial charge in [-0.3, -0.25) is 24.4 Å². The Bertz CT molecular complexity index is 2170. The van der Waals surface area contributed by atoms with Crippen LogP contribution in [0, 0.1) is 29.1 Å². The number of nitrogens with zero attached hydrogens (tertiary/aromatic N) is 4. The van der Waals surface area contributed by atoms with E-state index in [1.807, 2.05) is 19.2 Å². The molecule has 2 amide bonds. The Morgan fingerprint density at radius 3 is 2.72 bits per heavy atom. The Labute approximate surface area is 320 Å². The van der Waals surface area contributed by atoms with E-state index >= 15 is 0 Å². The lowest BCUT2D eigenvalue weighted by Crippen LogP contribution is -2.63. The fraction of sp³-hybridized carbons (Fsp3) is 0.548. The van der Waals surface area contributed by atoms with Crippen molar-refractivity contribution in [3.8, 4) is 22.5 Å². The third-order valence-electron chi connectivity index (χ3n) is 12.8. The Morgan fingerprint density at radius 2 is 2.00 bits per heavy atom. The topological polar surface area (TPSA) is 128 Å². The standard InChI is InChI=1S/C42H50N6O5S/c1-7-47-32-11-10-24-16-29(32)30(35(47)26-9-8-14-43-33(26)23(3)52-6)18-41(4,5)21-53-39(51)34-28-17-25(28)19-48(46-34)38(50)36(45-37(49)27-15-22(27)2)42(12-13-42)40-44-31(24)20-54-40/h8-11,14,16,20,22-23,25,27-28,34,36,46H,7,12-13,15,17-19,21H2,1-6H3,(H,45,49). The van der Waals surface area contributed by atoms with Gasteiger partial charge in [0.1, 0.15) is 17.1 Å². The van der Waals surface area contributed by atoms with Gasteiger partial charge in [0.25, 0.3) is 5.91 Å². The van der Waals surface area contributed by atoms with Gasteiger partial charge in [-0.2, -0.15) is 0 Å². The molecule has 9 rings (SSSR count). The number of hydrazine groups is 1. The molecule has 4 aromatic rings. The molecule has 7 unspecified atom stereocenters. The molecule has 1 spiro atoms. The van der Waals surface area contributed by atoms with Crippen LogP contribution in [0.15, 0.2) is 41.9 Å². The van der Waals surface area contributed by atoms with Gasteiger partial charge in [0.05, 0.1) is 35.2 Å². The highest BCUT2D eigenvalue weighted by molar-refractivity contribution is 7.10. The number of fused-ring (bicyclic) bond motifs is 9. The first-order valence-electron chi connectivity index (χ1n) is 19.6. The summed E-state index contributed by atoms with van der Waals surface area (Å²) >= 11 is 1.56. The summed E-state index contributed by atoms with van der Waals surface area (Å²) in [6.07, 6.45) is 5.41. The number of hydrogen-bond donors (Lipinski definition) is 2. The number of carbonyl (C=O) groups is 3. The molecule has 54 heavy (non-hydrogen) atoms. The Kier molecular flexibility index (Phi) is 8.55. The summed E-state index contributed by atoms with van der Waals surface area (Å²) < 4.78 is 14.4. The highest BCUT2D eigenvalue weighted by atomic mass is 32.1. The van der Waals surface area contributed by atoms with Crippen LogP contribution < -0.4 is 10.7 Å². The van der Waals surface area contributed by atoms with Gasteiger partial charge in [-0.05, 0) is 93.5 Å². The zero-order valence-corrected chi connectivity index (χ0v) is 32.8. The van der Waals surface area contributed by atoms with Crippen molar-refractivity contribution in [2.75, 3.05) is 20.3 Å². The van der Waals surface area contributed by atoms with Crippen LogP contribution in [0.2, 0.25) is 0 Å². The molecule has 4 fully saturated rings. The Balaban J connectivity index is 1.20. The number of benzene rings is 1. The third-order valence-corrected chi connectivity index (χ3v) is 13.8. The van der Waals surface area contributed by atoms with Crippen molar-refractivity contribution < 1.29 is 23.9 Å². The third kappa shape index (κ3) is 5.96. The zero-order chi connectivity index (χ0) is 37.7. The van der Waals surface area contributed by atoms with Gasteiger partial charge in [0.2, 0.25) is 5.91 Å². The van der Waals surface area contributed by atoms with E-state index in [2.05, 4.69) is 72.7 Å². The molecule has 12 heteroatoms. The Hall–Kier alpha value is -4.13. The molecule has 1 saturated heterocycles. The summed E-state index contributed by atoms with van der Waals surface area (Å²) in [5.74, 6) is -0.0562. The largest absolute Gasteiger partial charge is 0.464 e. The molecule has 6 bridgehead atoms. The fourth-order valence-corrected chi connectivity index (χ4v) is 10.2. The molecule has 3 aliphatic carbocycles. The molecule has 5 aliphatic rings. The summed E-state index contributed by atoms with van der Waals surface area (Å²) in [6.45, 7) is 12.0. The number of amides is 2. The molecule has 3 saturated carbocycles. The number of pyridine rings is 1. The number of aryl methyl sites for hydroxylation is 1. The first kappa shape index (κ1) is 35.6. The summed E-state index contributed by atoms with van der Waals surface area (Å²) in [6, 6.07) is 9.26. The van der Waals surface area contributed by atoms with Gasteiger partial charge in [-0.1, -0.05) is 26.8 Å². The van der Waals surface area contributed by atoms with Gasteiger partial charge in [0, 0.05) is 65.1 Å². The quantitative estimate of drug-likeness (QED) is 0.223. The number of hydrogen-bond acceptors (Lipinski definition) is 9. The Morgan fingerprint density at radius 1 is 1.20 bits per heavy atom. The number of thiazole rings is 1. The van der Waals surface area contributed by atoms with Crippen molar-refractivity contribution in [3.63, 3.8) is 0 Å². The average Bonchev–Trinajstić information content (AvgIpc) is 4.14. The second kappa shape index (κ2) is 13.0. The van der Waals surface area contributed by atoms with Crippen LogP contribution >= 0.6 is 11.3 Å². The maximum absolute atomic E-state index is 14.6. The number of rotatable bonds is 6. The van der Waals surface area contributed by atoms with Crippen molar-refractivity contribution in [3.05, 3.63) is 58.2 Å². The van der Waals surface area contributed by atoms with Gasteiger partial charge in [-0.15, -0.1) is 11.3 Å². The van der Waals surface area contributed by atoms with E-state index in [1.54, 1.807) is 23.5 Å². The van der Waals surface area contributed by atoms with Crippen LogP contribution in [0.4, 0.5) is 0 Å². The summed E-state index contributed by atoms with van der Waals surface area (Å²) in [5.41, 5.74) is 9.35. The van der Waals surface area contributed by atoms with Crippen LogP contribution in [0.3, 0.4) is 0 Å². The van der Waals surface area contributed by atoms with E-state index in [-0.39, 0.29) is 48.2 Å². The van der Waals surface area contributed by atoms with Crippen molar-refractivity contribution in [2.24, 2.45) is 29.1 Å². The molecular weight excluding hydrogens is 701 g/mol. The van der Waals surface area contributed by atoms with E-state index in [9.17, 15) is 14.4 Å². The number of carbonyl (C=O) groups excluding carboxylic acids is 3. The summed E-state index contributed by atoms with van der Waals surface area (Å²) in [4.78, 5) is 52.2. The molecule has 11 nitrogen and oxygen atoms in total. The number of aromatic nitrogens is 3. The number of nitrogens with one attached hydrogen (secondary N) is 2. The van der Waals surface area contributed by atoms with Crippen LogP contribution in [0.1, 0.15) is 82.7 Å². The van der Waals surface area contributed by atoms with Crippen LogP contribution in [0.5, 0.6) is 0 Å². The lowest BCUT2D eigenvalue weighted by molar-refractivity contribution is -0.156. The minimum Gasteiger partial charge on any atom is -0.464 e. The normalized spacial score (nSPS) is 28.6. The van der Waals surface area contributed by atoms with Gasteiger partial charge < -0.3 is 19.4 Å². The fourth-order valence-electron chi connectivity index (χ4n) is 9.08. The molecule has 284 valence electrons. The summed E-state index contributed by atoms with van der Waals surface area (Å²) in [7, 11) is 1.71. The average molecular weight is 751 g/mol. The predicted molar refractivity (Wildman–Crippen MR) is 206 cm³/mol. The van der Waals surface area contributed by atoms with Crippen molar-refractivity contribution >= 4 is 40.0 Å². The second-order valence-electron chi connectivity index (χ2n) is 17.2. The molecule has 7 atom stereocenters. The SMILES string of the molecule is CCn1c(-c2cccnc2C(C)OC)c2c3cc(ccc31)-c1csc(n1)C1(CC1)C(NC(=O)C1CC1C)C(=O)N1CC3CC3C(N1)C(=O)OCC(C)(C)C2. The van der Waals surface area contributed by atoms with Crippen LogP contribution in [-0.4, -0.2) is 69.7 Å². The summed E-state index contributed by atoms with van der Waals surface area (Å²) in [5, 5.41) is 8.89. The van der Waals surface area contributed by atoms with E-state index in [0.717, 1.165) is 81.9 Å². The first-order valence-corrected chi connectivity index (χ1v) is 20.4. The zero-order valence-electron chi connectivity index (χ0n) is 32.0. The van der Waals surface area contributed by atoms with Gasteiger partial charge >= 0.3 is 5.97 Å². The second-order valence-corrected chi connectivity index (χ2v) is 18.1. The predicted octanol–water partition coefficient (Wildman–Crippen LogP) is 6.20. The minimum atomic E-state index is -0.785. The lowest BCUT2D eigenvalue weighted by Gasteiger charge is -2.37. The molecular formula is C42H50N6O5S. The minimum absolute atomic E-state index is 0.0727. The number of ether oxygens (including phenoxy) is 2. The monoisotopic (exact) mass is 750 g/mol. The van der Waals surface area contributed by atoms with Crippen molar-refractivity contribution in [2.45, 2.75) is 96.9 Å². The molecule has 0 radical (unpaired) electrons. The van der Waals surface area contributed by atoms with Gasteiger partial charge in [-0.25, -0.2) is 10.4 Å². The number of esters is 1. The van der Waals surface area contributed by atoms with Crippen LogP contribution in [-0.2, 0) is 42.2 Å². The van der Waals surface area contributed by atoms with E-state index in [4.69, 9.17) is 19.4 Å². The van der Waals surface area contributed by atoms with E-state index in [0.29, 0.717) is 18.9 Å². The maximum atomic E-state index is 14.6.